The Hall–Kier alpha value is -0.370. The van der Waals surface area contributed by atoms with Gasteiger partial charge in [0.05, 0.1) is 0 Å². The number of ketones is 1. The zero-order valence-corrected chi connectivity index (χ0v) is 14.7. The van der Waals surface area contributed by atoms with Gasteiger partial charge in [0.1, 0.15) is 5.78 Å². The number of nitrogens with zero attached hydrogens (tertiary/aromatic N) is 1. The van der Waals surface area contributed by atoms with Crippen LogP contribution in [0.4, 0.5) is 0 Å². The average Bonchev–Trinajstić information content (AvgIpc) is 2.82. The molecule has 0 bridgehead atoms. The molecule has 0 saturated heterocycles. The molecule has 4 aliphatic rings. The first-order chi connectivity index (χ1) is 10.5. The monoisotopic (exact) mass is 303 g/mol. The van der Waals surface area contributed by atoms with Gasteiger partial charge >= 0.3 is 0 Å². The highest BCUT2D eigenvalue weighted by Crippen LogP contribution is 2.61. The zero-order valence-electron chi connectivity index (χ0n) is 14.7. The van der Waals surface area contributed by atoms with Crippen LogP contribution in [-0.2, 0) is 4.79 Å². The highest BCUT2D eigenvalue weighted by atomic mass is 16.1. The third-order valence-electron chi connectivity index (χ3n) is 8.37. The van der Waals surface area contributed by atoms with Crippen molar-refractivity contribution in [1.82, 2.24) is 4.90 Å². The summed E-state index contributed by atoms with van der Waals surface area (Å²) in [5.41, 5.74) is 0.0643. The van der Waals surface area contributed by atoms with Gasteiger partial charge in [-0.2, -0.15) is 0 Å². The van der Waals surface area contributed by atoms with Crippen molar-refractivity contribution in [2.24, 2.45) is 35.0 Å². The maximum absolute atomic E-state index is 12.4. The minimum Gasteiger partial charge on any atom is -0.306 e. The van der Waals surface area contributed by atoms with Crippen molar-refractivity contribution in [3.63, 3.8) is 0 Å². The molecule has 7 atom stereocenters. The Morgan fingerprint density at radius 1 is 0.955 bits per heavy atom. The van der Waals surface area contributed by atoms with Crippen molar-refractivity contribution < 1.29 is 4.79 Å². The summed E-state index contributed by atoms with van der Waals surface area (Å²) in [5.74, 6) is 5.10. The van der Waals surface area contributed by atoms with E-state index in [0.717, 1.165) is 42.1 Å². The molecule has 0 spiro atoms. The largest absolute Gasteiger partial charge is 0.306 e. The summed E-state index contributed by atoms with van der Waals surface area (Å²) in [5, 5.41) is 0. The number of rotatable bonds is 1. The van der Waals surface area contributed by atoms with Crippen LogP contribution in [0.1, 0.15) is 64.7 Å². The van der Waals surface area contributed by atoms with E-state index in [0.29, 0.717) is 5.78 Å². The minimum atomic E-state index is 0.0643. The van der Waals surface area contributed by atoms with E-state index in [4.69, 9.17) is 0 Å². The minimum absolute atomic E-state index is 0.0643. The lowest BCUT2D eigenvalue weighted by molar-refractivity contribution is -0.133. The zero-order chi connectivity index (χ0) is 15.5. The Morgan fingerprint density at radius 3 is 2.50 bits per heavy atom. The predicted molar refractivity (Wildman–Crippen MR) is 89.6 cm³/mol. The molecule has 4 aliphatic carbocycles. The molecule has 2 heteroatoms. The Morgan fingerprint density at radius 2 is 1.73 bits per heavy atom. The third-order valence-corrected chi connectivity index (χ3v) is 8.37. The Bertz CT molecular complexity index is 459. The van der Waals surface area contributed by atoms with Crippen LogP contribution >= 0.6 is 0 Å². The second kappa shape index (κ2) is 5.33. The molecule has 0 aliphatic heterocycles. The number of fused-ring (bicyclic) bond motifs is 5. The van der Waals surface area contributed by atoms with Crippen molar-refractivity contribution in [2.75, 3.05) is 14.1 Å². The van der Waals surface area contributed by atoms with Crippen molar-refractivity contribution in [2.45, 2.75) is 70.8 Å². The van der Waals surface area contributed by atoms with E-state index in [1.165, 1.54) is 51.4 Å². The molecule has 0 heterocycles. The van der Waals surface area contributed by atoms with Gasteiger partial charge in [0, 0.05) is 17.9 Å². The van der Waals surface area contributed by atoms with Gasteiger partial charge in [-0.3, -0.25) is 4.79 Å². The van der Waals surface area contributed by atoms with Crippen molar-refractivity contribution in [1.29, 1.82) is 0 Å². The highest BCUT2D eigenvalue weighted by Gasteiger charge is 2.56. The molecule has 0 aromatic carbocycles. The van der Waals surface area contributed by atoms with E-state index in [1.54, 1.807) is 0 Å². The topological polar surface area (TPSA) is 20.3 Å². The molecule has 4 rings (SSSR count). The van der Waals surface area contributed by atoms with Crippen LogP contribution in [0.2, 0.25) is 0 Å². The Labute approximate surface area is 136 Å². The van der Waals surface area contributed by atoms with E-state index in [-0.39, 0.29) is 5.41 Å². The average molecular weight is 303 g/mol. The highest BCUT2D eigenvalue weighted by molar-refractivity contribution is 5.87. The number of carbonyl (C=O) groups excluding carboxylic acids is 1. The van der Waals surface area contributed by atoms with E-state index in [2.05, 4.69) is 25.9 Å². The lowest BCUT2D eigenvalue weighted by Gasteiger charge is -2.55. The van der Waals surface area contributed by atoms with Gasteiger partial charge in [-0.1, -0.05) is 6.92 Å². The second-order valence-corrected chi connectivity index (χ2v) is 9.28. The molecular formula is C20H33NO. The van der Waals surface area contributed by atoms with Crippen LogP contribution in [0.25, 0.3) is 0 Å². The first-order valence-electron chi connectivity index (χ1n) is 9.70. The van der Waals surface area contributed by atoms with Crippen LogP contribution in [0.5, 0.6) is 0 Å². The lowest BCUT2D eigenvalue weighted by Crippen LogP contribution is -2.50. The molecule has 2 nitrogen and oxygen atoms in total. The van der Waals surface area contributed by atoms with Gasteiger partial charge in [0.25, 0.3) is 0 Å². The summed E-state index contributed by atoms with van der Waals surface area (Å²) in [6.45, 7) is 2.30. The Kier molecular flexibility index (Phi) is 3.67. The molecule has 0 aromatic rings. The summed E-state index contributed by atoms with van der Waals surface area (Å²) in [6.07, 6.45) is 11.8. The van der Waals surface area contributed by atoms with Crippen molar-refractivity contribution in [3.8, 4) is 0 Å². The predicted octanol–water partition coefficient (Wildman–Crippen LogP) is 4.14. The summed E-state index contributed by atoms with van der Waals surface area (Å²) < 4.78 is 0. The van der Waals surface area contributed by atoms with Gasteiger partial charge < -0.3 is 4.90 Å². The van der Waals surface area contributed by atoms with Gasteiger partial charge in [-0.25, -0.2) is 0 Å². The van der Waals surface area contributed by atoms with Crippen molar-refractivity contribution in [3.05, 3.63) is 0 Å². The molecule has 0 aromatic heterocycles. The first-order valence-corrected chi connectivity index (χ1v) is 9.70. The fraction of sp³-hybridized carbons (Fsp3) is 0.950. The molecule has 22 heavy (non-hydrogen) atoms. The number of carbonyl (C=O) groups is 1. The number of hydrogen-bond donors (Lipinski definition) is 0. The van der Waals surface area contributed by atoms with E-state index < -0.39 is 0 Å². The van der Waals surface area contributed by atoms with E-state index in [1.807, 2.05) is 0 Å². The molecule has 4 fully saturated rings. The summed E-state index contributed by atoms with van der Waals surface area (Å²) in [4.78, 5) is 14.9. The van der Waals surface area contributed by atoms with Gasteiger partial charge in [0.15, 0.2) is 0 Å². The molecule has 1 unspecified atom stereocenters. The van der Waals surface area contributed by atoms with Crippen LogP contribution in [-0.4, -0.2) is 30.8 Å². The third kappa shape index (κ3) is 2.12. The summed E-state index contributed by atoms with van der Waals surface area (Å²) in [7, 11) is 4.51. The summed E-state index contributed by atoms with van der Waals surface area (Å²) >= 11 is 0. The van der Waals surface area contributed by atoms with Crippen LogP contribution in [0.3, 0.4) is 0 Å². The first kappa shape index (κ1) is 15.2. The fourth-order valence-corrected chi connectivity index (χ4v) is 7.07. The molecule has 4 saturated carbocycles. The molecular weight excluding hydrogens is 270 g/mol. The standard InChI is InChI=1S/C20H33NO/c1-20-11-10-16-15-7-5-14(21(2)3)12-13(15)4-6-17(16)18(20)8-9-19(20)22/h13-18H,4-12H2,1-3H3/t13-,14-,15?,16+,17+,18-,20-/m0/s1. The smallest absolute Gasteiger partial charge is 0.139 e. The lowest BCUT2D eigenvalue weighted by atomic mass is 9.50. The normalized spacial score (nSPS) is 51.4. The van der Waals surface area contributed by atoms with Crippen LogP contribution < -0.4 is 0 Å². The SMILES string of the molecule is CN(C)[C@H]1CCC2[C@@H](CC[C@@H]3[C@@H]2CC[C@]2(C)C(=O)CC[C@@H]32)C1. The van der Waals surface area contributed by atoms with Gasteiger partial charge in [0.2, 0.25) is 0 Å². The maximum Gasteiger partial charge on any atom is 0.139 e. The Balaban J connectivity index is 1.52. The molecule has 0 N–H and O–H groups in total. The summed E-state index contributed by atoms with van der Waals surface area (Å²) in [6, 6.07) is 0.819. The molecule has 0 radical (unpaired) electrons. The van der Waals surface area contributed by atoms with Gasteiger partial charge in [-0.05, 0) is 95.1 Å². The van der Waals surface area contributed by atoms with Gasteiger partial charge in [-0.15, -0.1) is 0 Å². The van der Waals surface area contributed by atoms with Crippen molar-refractivity contribution >= 4 is 5.78 Å². The molecule has 124 valence electrons. The fourth-order valence-electron chi connectivity index (χ4n) is 7.07. The second-order valence-electron chi connectivity index (χ2n) is 9.28. The number of hydrogen-bond acceptors (Lipinski definition) is 2. The molecule has 0 amide bonds. The number of Topliss-reactive ketones (excluding diaryl/α,β-unsaturated/α-hetero) is 1. The van der Waals surface area contributed by atoms with Crippen LogP contribution in [0, 0.1) is 35.0 Å². The van der Waals surface area contributed by atoms with Crippen LogP contribution in [0.15, 0.2) is 0 Å². The van der Waals surface area contributed by atoms with E-state index >= 15 is 0 Å². The van der Waals surface area contributed by atoms with E-state index in [9.17, 15) is 4.79 Å². The quantitative estimate of drug-likeness (QED) is 0.725. The maximum atomic E-state index is 12.4.